The van der Waals surface area contributed by atoms with Crippen LogP contribution in [-0.4, -0.2) is 12.6 Å². The fourth-order valence-electron chi connectivity index (χ4n) is 3.45. The van der Waals surface area contributed by atoms with Crippen molar-refractivity contribution in [1.29, 1.82) is 0 Å². The Labute approximate surface area is 104 Å². The van der Waals surface area contributed by atoms with Gasteiger partial charge in [0.15, 0.2) is 0 Å². The normalized spacial score (nSPS) is 28.5. The van der Waals surface area contributed by atoms with Gasteiger partial charge < -0.3 is 4.74 Å². The second-order valence-corrected chi connectivity index (χ2v) is 5.46. The minimum absolute atomic E-state index is 0.144. The van der Waals surface area contributed by atoms with Crippen molar-refractivity contribution in [3.8, 4) is 0 Å². The Hall–Kier alpha value is -0.790. The lowest BCUT2D eigenvalue weighted by atomic mass is 9.77. The van der Waals surface area contributed by atoms with Crippen LogP contribution in [0.5, 0.6) is 0 Å². The van der Waals surface area contributed by atoms with E-state index < -0.39 is 0 Å². The summed E-state index contributed by atoms with van der Waals surface area (Å²) in [4.78, 5) is 11.4. The first-order valence-corrected chi connectivity index (χ1v) is 7.15. The van der Waals surface area contributed by atoms with Crippen LogP contribution < -0.4 is 0 Å². The minimum Gasteiger partial charge on any atom is -0.463 e. The van der Waals surface area contributed by atoms with Gasteiger partial charge in [0.25, 0.3) is 0 Å². The van der Waals surface area contributed by atoms with Crippen LogP contribution in [0.25, 0.3) is 0 Å². The maximum absolute atomic E-state index is 11.4. The molecule has 0 aromatic carbocycles. The Morgan fingerprint density at radius 1 is 1.24 bits per heavy atom. The Balaban J connectivity index is 1.89. The lowest BCUT2D eigenvalue weighted by molar-refractivity contribution is -0.137. The second kappa shape index (κ2) is 6.23. The molecule has 2 saturated carbocycles. The number of ether oxygens (including phenoxy) is 1. The average molecular weight is 236 g/mol. The second-order valence-electron chi connectivity index (χ2n) is 5.46. The molecule has 2 fully saturated rings. The molecule has 0 N–H and O–H groups in total. The number of esters is 1. The molecule has 0 radical (unpaired) electrons. The standard InChI is InChI=1S/C15H24O2/c1-2-17-15(16)11-12-6-5-9-14(10-12)13-7-3-4-8-13/h11,13-14H,2-10H2,1H3/b12-11-. The van der Waals surface area contributed by atoms with E-state index >= 15 is 0 Å². The van der Waals surface area contributed by atoms with Gasteiger partial charge in [-0.3, -0.25) is 0 Å². The molecule has 0 saturated heterocycles. The van der Waals surface area contributed by atoms with E-state index in [4.69, 9.17) is 4.74 Å². The van der Waals surface area contributed by atoms with Crippen LogP contribution >= 0.6 is 0 Å². The molecule has 2 aliphatic carbocycles. The van der Waals surface area contributed by atoms with Crippen LogP contribution in [0.1, 0.15) is 58.3 Å². The molecule has 0 aromatic heterocycles. The van der Waals surface area contributed by atoms with Crippen LogP contribution in [0, 0.1) is 11.8 Å². The third-order valence-electron chi connectivity index (χ3n) is 4.27. The molecule has 0 aromatic rings. The molecule has 2 nitrogen and oxygen atoms in total. The molecule has 0 spiro atoms. The molecule has 17 heavy (non-hydrogen) atoms. The van der Waals surface area contributed by atoms with Gasteiger partial charge in [0, 0.05) is 6.08 Å². The summed E-state index contributed by atoms with van der Waals surface area (Å²) in [6.45, 7) is 2.34. The molecular formula is C15H24O2. The largest absolute Gasteiger partial charge is 0.463 e. The predicted octanol–water partition coefficient (Wildman–Crippen LogP) is 3.86. The molecular weight excluding hydrogens is 212 g/mol. The summed E-state index contributed by atoms with van der Waals surface area (Å²) in [5.41, 5.74) is 1.33. The van der Waals surface area contributed by atoms with Crippen LogP contribution in [0.2, 0.25) is 0 Å². The van der Waals surface area contributed by atoms with E-state index in [1.807, 2.05) is 6.92 Å². The van der Waals surface area contributed by atoms with E-state index in [-0.39, 0.29) is 5.97 Å². The topological polar surface area (TPSA) is 26.3 Å². The van der Waals surface area contributed by atoms with Gasteiger partial charge in [-0.15, -0.1) is 0 Å². The van der Waals surface area contributed by atoms with Crippen LogP contribution in [0.3, 0.4) is 0 Å². The quantitative estimate of drug-likeness (QED) is 0.549. The molecule has 1 atom stereocenters. The molecule has 1 unspecified atom stereocenters. The molecule has 0 bridgehead atoms. The van der Waals surface area contributed by atoms with Crippen molar-refractivity contribution >= 4 is 5.97 Å². The summed E-state index contributed by atoms with van der Waals surface area (Å²) in [6.07, 6.45) is 12.3. The first-order valence-electron chi connectivity index (χ1n) is 7.15. The van der Waals surface area contributed by atoms with Crippen LogP contribution in [-0.2, 0) is 9.53 Å². The summed E-state index contributed by atoms with van der Waals surface area (Å²) in [5.74, 6) is 1.63. The summed E-state index contributed by atoms with van der Waals surface area (Å²) in [7, 11) is 0. The van der Waals surface area contributed by atoms with Crippen molar-refractivity contribution in [3.63, 3.8) is 0 Å². The van der Waals surface area contributed by atoms with Crippen molar-refractivity contribution in [2.45, 2.75) is 58.3 Å². The lowest BCUT2D eigenvalue weighted by Gasteiger charge is -2.29. The highest BCUT2D eigenvalue weighted by Gasteiger charge is 2.28. The zero-order valence-corrected chi connectivity index (χ0v) is 10.9. The maximum Gasteiger partial charge on any atom is 0.330 e. The Morgan fingerprint density at radius 3 is 2.65 bits per heavy atom. The number of hydrogen-bond donors (Lipinski definition) is 0. The Morgan fingerprint density at radius 2 is 1.94 bits per heavy atom. The number of hydrogen-bond acceptors (Lipinski definition) is 2. The van der Waals surface area contributed by atoms with Crippen molar-refractivity contribution in [1.82, 2.24) is 0 Å². The fourth-order valence-corrected chi connectivity index (χ4v) is 3.45. The van der Waals surface area contributed by atoms with Gasteiger partial charge >= 0.3 is 5.97 Å². The smallest absolute Gasteiger partial charge is 0.330 e. The fraction of sp³-hybridized carbons (Fsp3) is 0.800. The number of carbonyl (C=O) groups excluding carboxylic acids is 1. The number of rotatable bonds is 3. The highest BCUT2D eigenvalue weighted by atomic mass is 16.5. The summed E-state index contributed by atoms with van der Waals surface area (Å²) in [6, 6.07) is 0. The maximum atomic E-state index is 11.4. The van der Waals surface area contributed by atoms with Crippen molar-refractivity contribution in [2.75, 3.05) is 6.61 Å². The van der Waals surface area contributed by atoms with Crippen molar-refractivity contribution in [3.05, 3.63) is 11.6 Å². The van der Waals surface area contributed by atoms with E-state index in [0.717, 1.165) is 24.7 Å². The highest BCUT2D eigenvalue weighted by Crippen LogP contribution is 2.40. The first kappa shape index (κ1) is 12.7. The molecule has 2 heteroatoms. The van der Waals surface area contributed by atoms with E-state index in [9.17, 15) is 4.79 Å². The zero-order chi connectivity index (χ0) is 12.1. The Bertz CT molecular complexity index is 287. The summed E-state index contributed by atoms with van der Waals surface area (Å²) >= 11 is 0. The summed E-state index contributed by atoms with van der Waals surface area (Å²) in [5, 5.41) is 0. The van der Waals surface area contributed by atoms with Gasteiger partial charge in [-0.25, -0.2) is 4.79 Å². The van der Waals surface area contributed by atoms with Gasteiger partial charge in [-0.1, -0.05) is 31.3 Å². The Kier molecular flexibility index (Phi) is 4.64. The third-order valence-corrected chi connectivity index (χ3v) is 4.27. The molecule has 2 aliphatic rings. The number of allylic oxidation sites excluding steroid dienone is 1. The molecule has 0 aliphatic heterocycles. The van der Waals surface area contributed by atoms with Crippen molar-refractivity contribution < 1.29 is 9.53 Å². The van der Waals surface area contributed by atoms with Crippen molar-refractivity contribution in [2.24, 2.45) is 11.8 Å². The van der Waals surface area contributed by atoms with Gasteiger partial charge in [0.05, 0.1) is 6.61 Å². The lowest BCUT2D eigenvalue weighted by Crippen LogP contribution is -2.17. The summed E-state index contributed by atoms with van der Waals surface area (Å²) < 4.78 is 4.99. The van der Waals surface area contributed by atoms with E-state index in [0.29, 0.717) is 6.61 Å². The van der Waals surface area contributed by atoms with Gasteiger partial charge in [-0.2, -0.15) is 0 Å². The van der Waals surface area contributed by atoms with E-state index in [1.165, 1.54) is 44.1 Å². The van der Waals surface area contributed by atoms with E-state index in [1.54, 1.807) is 6.08 Å². The van der Waals surface area contributed by atoms with E-state index in [2.05, 4.69) is 0 Å². The molecule has 96 valence electrons. The average Bonchev–Trinajstić information content (AvgIpc) is 2.83. The molecule has 2 rings (SSSR count). The number of carbonyl (C=O) groups is 1. The molecule has 0 heterocycles. The SMILES string of the molecule is CCOC(=O)/C=C1/CCCC(C2CCCC2)C1. The van der Waals surface area contributed by atoms with Gasteiger partial charge in [0.1, 0.15) is 0 Å². The monoisotopic (exact) mass is 236 g/mol. The van der Waals surface area contributed by atoms with Gasteiger partial charge in [-0.05, 0) is 44.4 Å². The minimum atomic E-state index is -0.144. The van der Waals surface area contributed by atoms with Crippen LogP contribution in [0.4, 0.5) is 0 Å². The van der Waals surface area contributed by atoms with Crippen LogP contribution in [0.15, 0.2) is 11.6 Å². The zero-order valence-electron chi connectivity index (χ0n) is 10.9. The third kappa shape index (κ3) is 3.58. The first-order chi connectivity index (χ1) is 8.29. The predicted molar refractivity (Wildman–Crippen MR) is 68.6 cm³/mol. The van der Waals surface area contributed by atoms with Gasteiger partial charge in [0.2, 0.25) is 0 Å². The molecule has 0 amide bonds. The highest BCUT2D eigenvalue weighted by molar-refractivity contribution is 5.82.